The van der Waals surface area contributed by atoms with Crippen LogP contribution in [-0.4, -0.2) is 31.6 Å². The summed E-state index contributed by atoms with van der Waals surface area (Å²) in [4.78, 5) is 15.4. The summed E-state index contributed by atoms with van der Waals surface area (Å²) in [6.07, 6.45) is 4.84. The number of aromatic nitrogens is 1. The van der Waals surface area contributed by atoms with Gasteiger partial charge in [0.05, 0.1) is 18.4 Å². The second kappa shape index (κ2) is 9.71. The van der Waals surface area contributed by atoms with Crippen molar-refractivity contribution >= 4 is 33.0 Å². The lowest BCUT2D eigenvalue weighted by molar-refractivity contribution is 0.0691. The normalized spacial score (nSPS) is 18.4. The van der Waals surface area contributed by atoms with Gasteiger partial charge in [0.1, 0.15) is 16.6 Å². The summed E-state index contributed by atoms with van der Waals surface area (Å²) in [5, 5.41) is 10.8. The lowest BCUT2D eigenvalue weighted by Crippen LogP contribution is -2.15. The van der Waals surface area contributed by atoms with Crippen LogP contribution in [0.15, 0.2) is 46.8 Å². The van der Waals surface area contributed by atoms with Gasteiger partial charge in [-0.2, -0.15) is 8.42 Å². The van der Waals surface area contributed by atoms with Crippen molar-refractivity contribution in [3.8, 4) is 16.3 Å². The number of carboxylic acid groups (broad SMARTS) is 1. The third-order valence-corrected chi connectivity index (χ3v) is 8.46. The Balaban J connectivity index is 1.53. The highest BCUT2D eigenvalue weighted by molar-refractivity contribution is 7.92. The molecule has 1 aliphatic carbocycles. The number of halogens is 1. The van der Waals surface area contributed by atoms with E-state index in [9.17, 15) is 17.6 Å². The van der Waals surface area contributed by atoms with Gasteiger partial charge in [-0.15, -0.1) is 11.3 Å². The Kier molecular flexibility index (Phi) is 6.90. The van der Waals surface area contributed by atoms with Crippen LogP contribution in [0.4, 0.5) is 10.1 Å². The van der Waals surface area contributed by atoms with Crippen LogP contribution >= 0.6 is 11.3 Å². The molecule has 0 unspecified atom stereocenters. The first-order valence-corrected chi connectivity index (χ1v) is 13.2. The van der Waals surface area contributed by atoms with Crippen molar-refractivity contribution in [2.75, 3.05) is 11.8 Å². The van der Waals surface area contributed by atoms with Crippen molar-refractivity contribution in [3.05, 3.63) is 58.7 Å². The van der Waals surface area contributed by atoms with Gasteiger partial charge >= 0.3 is 5.97 Å². The number of benzene rings is 2. The first-order chi connectivity index (χ1) is 16.2. The van der Waals surface area contributed by atoms with Crippen LogP contribution in [0.5, 0.6) is 5.75 Å². The van der Waals surface area contributed by atoms with E-state index in [-0.39, 0.29) is 16.5 Å². The van der Waals surface area contributed by atoms with Crippen LogP contribution in [0.25, 0.3) is 10.6 Å². The molecule has 2 N–H and O–H groups in total. The summed E-state index contributed by atoms with van der Waals surface area (Å²) in [5.74, 6) is -1.35. The number of ether oxygens (including phenoxy) is 1. The van der Waals surface area contributed by atoms with Gasteiger partial charge in [0, 0.05) is 17.0 Å². The third-order valence-electron chi connectivity index (χ3n) is 6.17. The molecule has 34 heavy (non-hydrogen) atoms. The molecule has 0 amide bonds. The largest absolute Gasteiger partial charge is 0.495 e. The van der Waals surface area contributed by atoms with E-state index in [2.05, 4.69) is 28.8 Å². The quantitative estimate of drug-likeness (QED) is 0.424. The highest BCUT2D eigenvalue weighted by Crippen LogP contribution is 2.37. The molecule has 7 nitrogen and oxygen atoms in total. The van der Waals surface area contributed by atoms with Crippen LogP contribution in [0.2, 0.25) is 0 Å². The molecule has 180 valence electrons. The molecule has 3 aromatic rings. The lowest BCUT2D eigenvalue weighted by atomic mass is 9.79. The van der Waals surface area contributed by atoms with Gasteiger partial charge in [-0.3, -0.25) is 4.72 Å². The summed E-state index contributed by atoms with van der Waals surface area (Å²) >= 11 is 1.19. The predicted molar refractivity (Wildman–Crippen MR) is 129 cm³/mol. The average Bonchev–Trinajstić information content (AvgIpc) is 3.31. The van der Waals surface area contributed by atoms with E-state index in [1.54, 1.807) is 0 Å². The molecule has 0 bridgehead atoms. The van der Waals surface area contributed by atoms with Crippen molar-refractivity contribution in [2.24, 2.45) is 5.92 Å². The van der Waals surface area contributed by atoms with Gasteiger partial charge in [0.2, 0.25) is 0 Å². The van der Waals surface area contributed by atoms with Gasteiger partial charge in [-0.1, -0.05) is 44.0 Å². The van der Waals surface area contributed by atoms with Gasteiger partial charge < -0.3 is 9.84 Å². The maximum absolute atomic E-state index is 14.1. The summed E-state index contributed by atoms with van der Waals surface area (Å²) in [5.41, 5.74) is 1.27. The Morgan fingerprint density at radius 2 is 1.85 bits per heavy atom. The Bertz CT molecular complexity index is 1300. The number of thiazole rings is 1. The number of sulfonamides is 1. The molecular weight excluding hydrogens is 479 g/mol. The monoisotopic (exact) mass is 504 g/mol. The van der Waals surface area contributed by atoms with Crippen LogP contribution in [0.3, 0.4) is 0 Å². The number of anilines is 1. The number of rotatable bonds is 7. The molecule has 1 aromatic heterocycles. The lowest BCUT2D eigenvalue weighted by Gasteiger charge is -2.26. The zero-order valence-electron chi connectivity index (χ0n) is 18.7. The number of aromatic carboxylic acids is 1. The number of nitrogens with one attached hydrogen (secondary N) is 1. The molecule has 0 saturated heterocycles. The molecule has 4 rings (SSSR count). The standard InChI is InChI=1S/C24H25FN2O5S2/c1-14-3-5-15(6-4-14)16-7-9-17(10-8-16)23-26-22(13-33-23)34(30,31)27-20-12-19(25)18(24(28)29)11-21(20)32-2/h7-15,27H,3-6H2,1-2H3,(H,28,29)/t14-,15-. The van der Waals surface area contributed by atoms with Crippen LogP contribution in [0, 0.1) is 11.7 Å². The van der Waals surface area contributed by atoms with Crippen molar-refractivity contribution in [1.29, 1.82) is 0 Å². The Hall–Kier alpha value is -2.98. The molecule has 1 fully saturated rings. The minimum Gasteiger partial charge on any atom is -0.495 e. The maximum atomic E-state index is 14.1. The Labute approximate surface area is 201 Å². The number of methoxy groups -OCH3 is 1. The Morgan fingerprint density at radius 1 is 1.18 bits per heavy atom. The third kappa shape index (κ3) is 5.07. The van der Waals surface area contributed by atoms with Crippen LogP contribution < -0.4 is 9.46 Å². The zero-order chi connectivity index (χ0) is 24.5. The molecular formula is C24H25FN2O5S2. The van der Waals surface area contributed by atoms with Gasteiger partial charge in [-0.25, -0.2) is 14.2 Å². The maximum Gasteiger partial charge on any atom is 0.338 e. The van der Waals surface area contributed by atoms with Crippen LogP contribution in [-0.2, 0) is 10.0 Å². The number of hydrogen-bond donors (Lipinski definition) is 2. The predicted octanol–water partition coefficient (Wildman–Crippen LogP) is 5.75. The van der Waals surface area contributed by atoms with E-state index in [0.29, 0.717) is 10.9 Å². The second-order valence-electron chi connectivity index (χ2n) is 8.51. The molecule has 0 radical (unpaired) electrons. The number of hydrogen-bond acceptors (Lipinski definition) is 6. The van der Waals surface area contributed by atoms with E-state index >= 15 is 0 Å². The smallest absolute Gasteiger partial charge is 0.338 e. The second-order valence-corrected chi connectivity index (χ2v) is 11.0. The summed E-state index contributed by atoms with van der Waals surface area (Å²) in [7, 11) is -2.93. The van der Waals surface area contributed by atoms with Crippen LogP contribution in [0.1, 0.15) is 54.4 Å². The highest BCUT2D eigenvalue weighted by atomic mass is 32.2. The minimum absolute atomic E-state index is 0.120. The van der Waals surface area contributed by atoms with E-state index < -0.39 is 27.4 Å². The first kappa shape index (κ1) is 24.2. The summed E-state index contributed by atoms with van der Waals surface area (Å²) in [6.45, 7) is 2.29. The Morgan fingerprint density at radius 3 is 2.47 bits per heavy atom. The number of carbonyl (C=O) groups is 1. The van der Waals surface area contributed by atoms with Crippen molar-refractivity contribution in [2.45, 2.75) is 43.6 Å². The minimum atomic E-state index is -4.16. The topological polar surface area (TPSA) is 106 Å². The first-order valence-electron chi connectivity index (χ1n) is 10.9. The molecule has 0 atom stereocenters. The number of carboxylic acids is 1. The van der Waals surface area contributed by atoms with Gasteiger partial charge in [-0.05, 0) is 36.3 Å². The van der Waals surface area contributed by atoms with Crippen molar-refractivity contribution in [1.82, 2.24) is 4.98 Å². The average molecular weight is 505 g/mol. The molecule has 2 aromatic carbocycles. The van der Waals surface area contributed by atoms with E-state index in [1.807, 2.05) is 12.1 Å². The molecule has 1 heterocycles. The fraction of sp³-hybridized carbons (Fsp3) is 0.333. The molecule has 1 aliphatic rings. The van der Waals surface area contributed by atoms with Gasteiger partial charge in [0.25, 0.3) is 10.0 Å². The highest BCUT2D eigenvalue weighted by Gasteiger charge is 2.24. The van der Waals surface area contributed by atoms with Crippen molar-refractivity contribution < 1.29 is 27.4 Å². The fourth-order valence-corrected chi connectivity index (χ4v) is 6.33. The summed E-state index contributed by atoms with van der Waals surface area (Å²) in [6, 6.07) is 9.79. The fourth-order valence-electron chi connectivity index (χ4n) is 4.17. The zero-order valence-corrected chi connectivity index (χ0v) is 20.4. The molecule has 1 saturated carbocycles. The number of nitrogens with zero attached hydrogens (tertiary/aromatic N) is 1. The molecule has 0 aliphatic heterocycles. The summed E-state index contributed by atoms with van der Waals surface area (Å²) < 4.78 is 47.1. The van der Waals surface area contributed by atoms with E-state index in [4.69, 9.17) is 9.84 Å². The molecule has 0 spiro atoms. The SMILES string of the molecule is COc1cc(C(=O)O)c(F)cc1NS(=O)(=O)c1csc(-c2ccc([C@H]3CC[C@H](C)CC3)cc2)n1. The molecule has 10 heteroatoms. The van der Waals surface area contributed by atoms with Crippen molar-refractivity contribution in [3.63, 3.8) is 0 Å². The van der Waals surface area contributed by atoms with Gasteiger partial charge in [0.15, 0.2) is 5.03 Å². The van der Waals surface area contributed by atoms with E-state index in [0.717, 1.165) is 23.6 Å². The van der Waals surface area contributed by atoms with E-state index in [1.165, 1.54) is 55.1 Å².